The first-order valence-corrected chi connectivity index (χ1v) is 6.01. The highest BCUT2D eigenvalue weighted by atomic mass is 35.5. The first-order chi connectivity index (χ1) is 7.45. The summed E-state index contributed by atoms with van der Waals surface area (Å²) >= 11 is 6.05. The highest BCUT2D eigenvalue weighted by molar-refractivity contribution is 6.17. The van der Waals surface area contributed by atoms with Gasteiger partial charge in [-0.15, -0.1) is 11.6 Å². The lowest BCUT2D eigenvalue weighted by Crippen LogP contribution is -2.14. The lowest BCUT2D eigenvalue weighted by molar-refractivity contribution is 0.567. The van der Waals surface area contributed by atoms with Crippen molar-refractivity contribution in [1.82, 2.24) is 9.38 Å². The minimum atomic E-state index is 0.0304. The van der Waals surface area contributed by atoms with Crippen LogP contribution in [0.1, 0.15) is 37.7 Å². The van der Waals surface area contributed by atoms with Gasteiger partial charge in [-0.25, -0.2) is 4.98 Å². The molecule has 0 N–H and O–H groups in total. The number of hydrogen-bond donors (Lipinski definition) is 0. The molecule has 0 aliphatic heterocycles. The second-order valence-corrected chi connectivity index (χ2v) is 5.44. The number of rotatable bonds is 1. The molecule has 0 atom stereocenters. The van der Waals surface area contributed by atoms with E-state index >= 15 is 0 Å². The summed E-state index contributed by atoms with van der Waals surface area (Å²) in [6.45, 7) is 8.58. The van der Waals surface area contributed by atoms with E-state index in [1.165, 1.54) is 5.56 Å². The molecule has 0 spiro atoms. The van der Waals surface area contributed by atoms with Gasteiger partial charge in [-0.05, 0) is 18.6 Å². The van der Waals surface area contributed by atoms with Gasteiger partial charge in [0.2, 0.25) is 0 Å². The zero-order valence-corrected chi connectivity index (χ0v) is 11.0. The van der Waals surface area contributed by atoms with Crippen molar-refractivity contribution in [3.05, 3.63) is 35.3 Å². The third-order valence-electron chi connectivity index (χ3n) is 2.78. The summed E-state index contributed by atoms with van der Waals surface area (Å²) in [4.78, 5) is 4.73. The van der Waals surface area contributed by atoms with E-state index in [1.54, 1.807) is 0 Å². The third-order valence-corrected chi connectivity index (χ3v) is 3.03. The van der Waals surface area contributed by atoms with E-state index in [0.29, 0.717) is 5.88 Å². The number of fused-ring (bicyclic) bond motifs is 1. The van der Waals surface area contributed by atoms with Gasteiger partial charge in [0.15, 0.2) is 0 Å². The molecular formula is C13H17ClN2. The van der Waals surface area contributed by atoms with E-state index < -0.39 is 0 Å². The molecule has 2 heterocycles. The number of imidazole rings is 1. The molecule has 0 fully saturated rings. The van der Waals surface area contributed by atoms with Crippen molar-refractivity contribution in [2.45, 2.75) is 39.0 Å². The van der Waals surface area contributed by atoms with Gasteiger partial charge in [0.05, 0.1) is 17.3 Å². The van der Waals surface area contributed by atoms with Gasteiger partial charge in [-0.3, -0.25) is 0 Å². The average Bonchev–Trinajstić information content (AvgIpc) is 2.57. The zero-order valence-electron chi connectivity index (χ0n) is 10.2. The van der Waals surface area contributed by atoms with Crippen molar-refractivity contribution in [1.29, 1.82) is 0 Å². The van der Waals surface area contributed by atoms with Crippen LogP contribution in [0.3, 0.4) is 0 Å². The van der Waals surface area contributed by atoms with Gasteiger partial charge < -0.3 is 4.40 Å². The highest BCUT2D eigenvalue weighted by Crippen LogP contribution is 2.28. The van der Waals surface area contributed by atoms with Gasteiger partial charge in [0, 0.05) is 11.6 Å². The Morgan fingerprint density at radius 2 is 2.06 bits per heavy atom. The van der Waals surface area contributed by atoms with Crippen LogP contribution in [0.2, 0.25) is 0 Å². The topological polar surface area (TPSA) is 17.3 Å². The number of halogens is 1. The molecule has 0 unspecified atom stereocenters. The third kappa shape index (κ3) is 1.71. The molecule has 2 aromatic heterocycles. The summed E-state index contributed by atoms with van der Waals surface area (Å²) in [5.41, 5.74) is 4.43. The Bertz CT molecular complexity index is 520. The fraction of sp³-hybridized carbons (Fsp3) is 0.462. The van der Waals surface area contributed by atoms with Crippen molar-refractivity contribution < 1.29 is 0 Å². The Labute approximate surface area is 101 Å². The molecule has 0 saturated carbocycles. The summed E-state index contributed by atoms with van der Waals surface area (Å²) in [6, 6.07) is 4.11. The van der Waals surface area contributed by atoms with Gasteiger partial charge in [0.1, 0.15) is 5.65 Å². The maximum Gasteiger partial charge on any atom is 0.140 e. The summed E-state index contributed by atoms with van der Waals surface area (Å²) in [6.07, 6.45) is 2.03. The number of nitrogens with zero attached hydrogens (tertiary/aromatic N) is 2. The number of aryl methyl sites for hydroxylation is 1. The molecule has 3 heteroatoms. The molecule has 86 valence electrons. The van der Waals surface area contributed by atoms with Gasteiger partial charge >= 0.3 is 0 Å². The normalized spacial score (nSPS) is 12.3. The number of hydrogen-bond acceptors (Lipinski definition) is 1. The van der Waals surface area contributed by atoms with Crippen LogP contribution in [0, 0.1) is 6.92 Å². The van der Waals surface area contributed by atoms with Crippen LogP contribution in [-0.2, 0) is 11.3 Å². The molecule has 16 heavy (non-hydrogen) atoms. The van der Waals surface area contributed by atoms with Crippen molar-refractivity contribution in [2.75, 3.05) is 0 Å². The van der Waals surface area contributed by atoms with Crippen LogP contribution < -0.4 is 0 Å². The molecular weight excluding hydrogens is 220 g/mol. The summed E-state index contributed by atoms with van der Waals surface area (Å²) in [7, 11) is 0. The Morgan fingerprint density at radius 1 is 1.38 bits per heavy atom. The van der Waals surface area contributed by atoms with E-state index in [1.807, 2.05) is 12.3 Å². The van der Waals surface area contributed by atoms with Gasteiger partial charge in [0.25, 0.3) is 0 Å². The van der Waals surface area contributed by atoms with Crippen LogP contribution in [0.15, 0.2) is 18.3 Å². The fourth-order valence-corrected chi connectivity index (χ4v) is 2.24. The standard InChI is InChI=1S/C13H17ClN2/c1-9-6-5-7-16-10(8-14)11(13(2,3)4)15-12(9)16/h5-7H,8H2,1-4H3. The molecule has 2 aromatic rings. The molecule has 0 aliphatic carbocycles. The first-order valence-electron chi connectivity index (χ1n) is 5.48. The summed E-state index contributed by atoms with van der Waals surface area (Å²) in [5, 5.41) is 0. The molecule has 0 aromatic carbocycles. The molecule has 0 radical (unpaired) electrons. The van der Waals surface area contributed by atoms with Crippen LogP contribution in [-0.4, -0.2) is 9.38 Å². The van der Waals surface area contributed by atoms with Gasteiger partial charge in [-0.2, -0.15) is 0 Å². The second-order valence-electron chi connectivity index (χ2n) is 5.18. The largest absolute Gasteiger partial charge is 0.302 e. The molecule has 0 bridgehead atoms. The van der Waals surface area contributed by atoms with Crippen LogP contribution in [0.4, 0.5) is 0 Å². The second kappa shape index (κ2) is 3.77. The van der Waals surface area contributed by atoms with Crippen LogP contribution >= 0.6 is 11.6 Å². The Balaban J connectivity index is 2.81. The lowest BCUT2D eigenvalue weighted by Gasteiger charge is -2.16. The quantitative estimate of drug-likeness (QED) is 0.691. The molecule has 2 rings (SSSR count). The van der Waals surface area contributed by atoms with Gasteiger partial charge in [-0.1, -0.05) is 26.8 Å². The van der Waals surface area contributed by atoms with Crippen molar-refractivity contribution in [2.24, 2.45) is 0 Å². The highest BCUT2D eigenvalue weighted by Gasteiger charge is 2.23. The molecule has 0 saturated heterocycles. The van der Waals surface area contributed by atoms with Crippen LogP contribution in [0.5, 0.6) is 0 Å². The lowest BCUT2D eigenvalue weighted by atomic mass is 9.91. The van der Waals surface area contributed by atoms with E-state index in [4.69, 9.17) is 16.6 Å². The van der Waals surface area contributed by atoms with Crippen molar-refractivity contribution >= 4 is 17.2 Å². The smallest absolute Gasteiger partial charge is 0.140 e. The maximum atomic E-state index is 6.05. The Hall–Kier alpha value is -1.02. The van der Waals surface area contributed by atoms with E-state index in [-0.39, 0.29) is 5.41 Å². The maximum absolute atomic E-state index is 6.05. The Kier molecular flexibility index (Phi) is 2.70. The van der Waals surface area contributed by atoms with E-state index in [0.717, 1.165) is 17.0 Å². The van der Waals surface area contributed by atoms with Crippen molar-refractivity contribution in [3.63, 3.8) is 0 Å². The molecule has 2 nitrogen and oxygen atoms in total. The minimum Gasteiger partial charge on any atom is -0.302 e. The minimum absolute atomic E-state index is 0.0304. The number of aromatic nitrogens is 2. The zero-order chi connectivity index (χ0) is 11.9. The van der Waals surface area contributed by atoms with E-state index in [9.17, 15) is 0 Å². The number of pyridine rings is 1. The SMILES string of the molecule is Cc1cccn2c(CCl)c(C(C)(C)C)nc12. The number of alkyl halides is 1. The van der Waals surface area contributed by atoms with Crippen molar-refractivity contribution in [3.8, 4) is 0 Å². The molecule has 0 aliphatic rings. The monoisotopic (exact) mass is 236 g/mol. The average molecular weight is 237 g/mol. The fourth-order valence-electron chi connectivity index (χ4n) is 1.98. The first kappa shape index (κ1) is 11.5. The van der Waals surface area contributed by atoms with Crippen LogP contribution in [0.25, 0.3) is 5.65 Å². The molecule has 0 amide bonds. The Morgan fingerprint density at radius 3 is 2.62 bits per heavy atom. The predicted molar refractivity (Wildman–Crippen MR) is 68.2 cm³/mol. The summed E-state index contributed by atoms with van der Waals surface area (Å²) in [5.74, 6) is 0.497. The predicted octanol–water partition coefficient (Wildman–Crippen LogP) is 3.68. The van der Waals surface area contributed by atoms with E-state index in [2.05, 4.69) is 38.2 Å². The summed E-state index contributed by atoms with van der Waals surface area (Å²) < 4.78 is 2.10.